The van der Waals surface area contributed by atoms with Gasteiger partial charge in [-0.15, -0.1) is 0 Å². The van der Waals surface area contributed by atoms with Gasteiger partial charge in [0, 0.05) is 23.2 Å². The highest BCUT2D eigenvalue weighted by atomic mass is 16.2. The van der Waals surface area contributed by atoms with Gasteiger partial charge in [-0.3, -0.25) is 14.4 Å². The molecule has 25 heavy (non-hydrogen) atoms. The van der Waals surface area contributed by atoms with E-state index in [1.165, 1.54) is 0 Å². The number of fused-ring (bicyclic) bond motifs is 1. The molecular weight excluding hydrogens is 316 g/mol. The molecule has 2 aromatic rings. The van der Waals surface area contributed by atoms with E-state index in [2.05, 4.69) is 10.6 Å². The zero-order valence-electron chi connectivity index (χ0n) is 14.1. The minimum atomic E-state index is -0.368. The summed E-state index contributed by atoms with van der Waals surface area (Å²) in [6, 6.07) is 14.1. The van der Waals surface area contributed by atoms with Crippen LogP contribution in [-0.2, 0) is 4.79 Å². The predicted octanol–water partition coefficient (Wildman–Crippen LogP) is 3.22. The Morgan fingerprint density at radius 1 is 0.920 bits per heavy atom. The van der Waals surface area contributed by atoms with Gasteiger partial charge >= 0.3 is 0 Å². The van der Waals surface area contributed by atoms with Crippen LogP contribution in [-0.4, -0.2) is 17.5 Å². The molecule has 0 saturated carbocycles. The number of Topliss-reactive ketones (excluding diaryl/α,β-unsaturated/α-hetero) is 2. The van der Waals surface area contributed by atoms with Crippen LogP contribution in [0.2, 0.25) is 0 Å². The number of aryl methyl sites for hydroxylation is 1. The van der Waals surface area contributed by atoms with Crippen LogP contribution >= 0.6 is 0 Å². The van der Waals surface area contributed by atoms with Crippen molar-refractivity contribution < 1.29 is 14.4 Å². The SMILES string of the molecule is CCC(=O)NC1=C(Nc2cccc(C)c2)C(=O)c2ccccc2C1=O. The van der Waals surface area contributed by atoms with Gasteiger partial charge in [0.15, 0.2) is 0 Å². The predicted molar refractivity (Wildman–Crippen MR) is 95.4 cm³/mol. The molecular formula is C20H18N2O3. The molecule has 1 amide bonds. The molecule has 2 N–H and O–H groups in total. The van der Waals surface area contributed by atoms with E-state index in [-0.39, 0.29) is 35.3 Å². The van der Waals surface area contributed by atoms with Crippen LogP contribution < -0.4 is 10.6 Å². The lowest BCUT2D eigenvalue weighted by molar-refractivity contribution is -0.120. The summed E-state index contributed by atoms with van der Waals surface area (Å²) < 4.78 is 0. The first-order valence-electron chi connectivity index (χ1n) is 8.07. The summed E-state index contributed by atoms with van der Waals surface area (Å²) in [6.45, 7) is 3.62. The van der Waals surface area contributed by atoms with Gasteiger partial charge in [0.25, 0.3) is 0 Å². The lowest BCUT2D eigenvalue weighted by Gasteiger charge is -2.22. The average Bonchev–Trinajstić information content (AvgIpc) is 2.62. The van der Waals surface area contributed by atoms with E-state index < -0.39 is 0 Å². The summed E-state index contributed by atoms with van der Waals surface area (Å²) in [4.78, 5) is 37.6. The Bertz CT molecular complexity index is 913. The molecule has 2 aromatic carbocycles. The van der Waals surface area contributed by atoms with Crippen molar-refractivity contribution in [2.45, 2.75) is 20.3 Å². The number of anilines is 1. The van der Waals surface area contributed by atoms with Gasteiger partial charge in [-0.1, -0.05) is 43.3 Å². The van der Waals surface area contributed by atoms with Crippen molar-refractivity contribution in [3.8, 4) is 0 Å². The third-order valence-corrected chi connectivity index (χ3v) is 3.99. The Morgan fingerprint density at radius 2 is 1.56 bits per heavy atom. The van der Waals surface area contributed by atoms with Crippen LogP contribution in [0.3, 0.4) is 0 Å². The third-order valence-electron chi connectivity index (χ3n) is 3.99. The zero-order chi connectivity index (χ0) is 18.0. The van der Waals surface area contributed by atoms with E-state index in [0.717, 1.165) is 5.56 Å². The molecule has 0 aromatic heterocycles. The standard InChI is InChI=1S/C20H18N2O3/c1-3-16(23)22-18-17(21-13-8-6-7-12(2)11-13)19(24)14-9-4-5-10-15(14)20(18)25/h4-11,21H,3H2,1-2H3,(H,22,23). The summed E-state index contributed by atoms with van der Waals surface area (Å²) in [5.74, 6) is -1.01. The van der Waals surface area contributed by atoms with Gasteiger partial charge in [-0.25, -0.2) is 0 Å². The van der Waals surface area contributed by atoms with E-state index in [1.54, 1.807) is 37.3 Å². The number of nitrogens with one attached hydrogen (secondary N) is 2. The molecule has 5 nitrogen and oxygen atoms in total. The maximum atomic E-state index is 12.9. The molecule has 0 fully saturated rings. The Kier molecular flexibility index (Phi) is 4.48. The molecule has 0 spiro atoms. The van der Waals surface area contributed by atoms with Gasteiger partial charge in [-0.2, -0.15) is 0 Å². The van der Waals surface area contributed by atoms with Gasteiger partial charge in [0.2, 0.25) is 17.5 Å². The fourth-order valence-electron chi connectivity index (χ4n) is 2.71. The molecule has 5 heteroatoms. The summed E-state index contributed by atoms with van der Waals surface area (Å²) >= 11 is 0. The van der Waals surface area contributed by atoms with Crippen molar-refractivity contribution >= 4 is 23.2 Å². The highest BCUT2D eigenvalue weighted by Crippen LogP contribution is 2.26. The van der Waals surface area contributed by atoms with Crippen molar-refractivity contribution in [1.82, 2.24) is 5.32 Å². The normalized spacial score (nSPS) is 13.5. The number of hydrogen-bond donors (Lipinski definition) is 2. The lowest BCUT2D eigenvalue weighted by atomic mass is 9.90. The Morgan fingerprint density at radius 3 is 2.16 bits per heavy atom. The number of allylic oxidation sites excluding steroid dienone is 2. The number of benzene rings is 2. The maximum absolute atomic E-state index is 12.9. The van der Waals surface area contributed by atoms with Crippen molar-refractivity contribution in [2.24, 2.45) is 0 Å². The van der Waals surface area contributed by atoms with Gasteiger partial charge in [-0.05, 0) is 24.6 Å². The van der Waals surface area contributed by atoms with E-state index in [1.807, 2.05) is 25.1 Å². The van der Waals surface area contributed by atoms with Crippen LogP contribution in [0.5, 0.6) is 0 Å². The molecule has 126 valence electrons. The summed E-state index contributed by atoms with van der Waals surface area (Å²) in [7, 11) is 0. The van der Waals surface area contributed by atoms with Crippen molar-refractivity contribution in [3.05, 3.63) is 76.6 Å². The number of amides is 1. The minimum absolute atomic E-state index is 0.00273. The Balaban J connectivity index is 2.10. The Hall–Kier alpha value is -3.21. The molecule has 0 unspecified atom stereocenters. The smallest absolute Gasteiger partial charge is 0.224 e. The molecule has 1 aliphatic carbocycles. The molecule has 0 bridgehead atoms. The summed E-state index contributed by atoms with van der Waals surface area (Å²) in [6.07, 6.45) is 0.213. The van der Waals surface area contributed by atoms with E-state index in [0.29, 0.717) is 16.8 Å². The molecule has 3 rings (SSSR count). The topological polar surface area (TPSA) is 75.3 Å². The Labute approximate surface area is 145 Å². The fourth-order valence-corrected chi connectivity index (χ4v) is 2.71. The van der Waals surface area contributed by atoms with Crippen molar-refractivity contribution in [1.29, 1.82) is 0 Å². The van der Waals surface area contributed by atoms with Crippen LogP contribution in [0.1, 0.15) is 39.6 Å². The highest BCUT2D eigenvalue weighted by Gasteiger charge is 2.33. The molecule has 0 saturated heterocycles. The van der Waals surface area contributed by atoms with E-state index in [9.17, 15) is 14.4 Å². The molecule has 0 atom stereocenters. The van der Waals surface area contributed by atoms with Crippen molar-refractivity contribution in [2.75, 3.05) is 5.32 Å². The minimum Gasteiger partial charge on any atom is -0.350 e. The van der Waals surface area contributed by atoms with Crippen LogP contribution in [0.4, 0.5) is 5.69 Å². The second-order valence-corrected chi connectivity index (χ2v) is 5.85. The largest absolute Gasteiger partial charge is 0.350 e. The molecule has 0 heterocycles. The second-order valence-electron chi connectivity index (χ2n) is 5.85. The number of hydrogen-bond acceptors (Lipinski definition) is 4. The summed E-state index contributed by atoms with van der Waals surface area (Å²) in [5.41, 5.74) is 2.41. The van der Waals surface area contributed by atoms with Gasteiger partial charge in [0.1, 0.15) is 11.4 Å². The number of rotatable bonds is 4. The van der Waals surface area contributed by atoms with Gasteiger partial charge < -0.3 is 10.6 Å². The van der Waals surface area contributed by atoms with E-state index >= 15 is 0 Å². The van der Waals surface area contributed by atoms with Crippen molar-refractivity contribution in [3.63, 3.8) is 0 Å². The van der Waals surface area contributed by atoms with Gasteiger partial charge in [0.05, 0.1) is 0 Å². The monoisotopic (exact) mass is 334 g/mol. The number of carbonyl (C=O) groups is 3. The van der Waals surface area contributed by atoms with Crippen LogP contribution in [0.15, 0.2) is 59.9 Å². The summed E-state index contributed by atoms with van der Waals surface area (Å²) in [5, 5.41) is 5.60. The van der Waals surface area contributed by atoms with Crippen LogP contribution in [0.25, 0.3) is 0 Å². The molecule has 1 aliphatic rings. The second kappa shape index (κ2) is 6.73. The first-order valence-corrected chi connectivity index (χ1v) is 8.07. The number of carbonyl (C=O) groups excluding carboxylic acids is 3. The molecule has 0 radical (unpaired) electrons. The quantitative estimate of drug-likeness (QED) is 0.900. The lowest BCUT2D eigenvalue weighted by Crippen LogP contribution is -2.35. The third kappa shape index (κ3) is 3.21. The molecule has 0 aliphatic heterocycles. The zero-order valence-corrected chi connectivity index (χ0v) is 14.1. The fraction of sp³-hybridized carbons (Fsp3) is 0.150. The van der Waals surface area contributed by atoms with E-state index in [4.69, 9.17) is 0 Å². The maximum Gasteiger partial charge on any atom is 0.224 e. The number of ketones is 2. The first-order chi connectivity index (χ1) is 12.0. The highest BCUT2D eigenvalue weighted by molar-refractivity contribution is 6.28. The van der Waals surface area contributed by atoms with Crippen LogP contribution in [0, 0.1) is 6.92 Å². The first kappa shape index (κ1) is 16.6. The average molecular weight is 334 g/mol.